The molecular formula is C14H17N3O4. The van der Waals surface area contributed by atoms with E-state index in [0.717, 1.165) is 0 Å². The zero-order valence-electron chi connectivity index (χ0n) is 11.8. The summed E-state index contributed by atoms with van der Waals surface area (Å²) in [6.45, 7) is 1.69. The van der Waals surface area contributed by atoms with E-state index in [1.165, 1.54) is 7.11 Å². The molecule has 0 aliphatic carbocycles. The number of rotatable bonds is 4. The maximum atomic E-state index is 12.1. The Morgan fingerprint density at radius 3 is 2.71 bits per heavy atom. The van der Waals surface area contributed by atoms with Crippen LogP contribution in [0, 0.1) is 5.92 Å². The highest BCUT2D eigenvalue weighted by Gasteiger charge is 2.34. The highest BCUT2D eigenvalue weighted by molar-refractivity contribution is 6.01. The van der Waals surface area contributed by atoms with Crippen molar-refractivity contribution in [3.8, 4) is 5.75 Å². The second kappa shape index (κ2) is 6.25. The number of ether oxygens (including phenoxy) is 1. The van der Waals surface area contributed by atoms with Gasteiger partial charge in [0.05, 0.1) is 18.7 Å². The monoisotopic (exact) mass is 291 g/mol. The lowest BCUT2D eigenvalue weighted by atomic mass is 9.94. The number of hydrogen-bond donors (Lipinski definition) is 3. The summed E-state index contributed by atoms with van der Waals surface area (Å²) in [6.07, 6.45) is -0.0225. The Hall–Kier alpha value is -2.57. The van der Waals surface area contributed by atoms with Crippen molar-refractivity contribution in [2.75, 3.05) is 12.4 Å². The molecule has 2 unspecified atom stereocenters. The molecule has 0 aromatic heterocycles. The number of hydrogen-bond acceptors (Lipinski definition) is 4. The van der Waals surface area contributed by atoms with Gasteiger partial charge in [-0.25, -0.2) is 4.79 Å². The zero-order valence-corrected chi connectivity index (χ0v) is 11.8. The van der Waals surface area contributed by atoms with E-state index in [4.69, 9.17) is 4.74 Å². The summed E-state index contributed by atoms with van der Waals surface area (Å²) < 4.78 is 5.14. The summed E-state index contributed by atoms with van der Waals surface area (Å²) in [5, 5.41) is 7.44. The molecule has 1 heterocycles. The lowest BCUT2D eigenvalue weighted by Gasteiger charge is -2.28. The molecule has 112 valence electrons. The van der Waals surface area contributed by atoms with Gasteiger partial charge in [-0.1, -0.05) is 12.1 Å². The number of amides is 4. The highest BCUT2D eigenvalue weighted by Crippen LogP contribution is 2.24. The number of para-hydroxylation sites is 2. The van der Waals surface area contributed by atoms with Crippen molar-refractivity contribution in [1.82, 2.24) is 10.6 Å². The van der Waals surface area contributed by atoms with Crippen LogP contribution in [0.5, 0.6) is 5.75 Å². The molecule has 1 fully saturated rings. The second-order valence-corrected chi connectivity index (χ2v) is 4.81. The van der Waals surface area contributed by atoms with Gasteiger partial charge in [0.25, 0.3) is 0 Å². The normalized spacial score (nSPS) is 21.2. The highest BCUT2D eigenvalue weighted by atomic mass is 16.5. The van der Waals surface area contributed by atoms with Crippen molar-refractivity contribution in [1.29, 1.82) is 0 Å². The Bertz CT molecular complexity index is 573. The van der Waals surface area contributed by atoms with Crippen LogP contribution in [-0.2, 0) is 9.59 Å². The van der Waals surface area contributed by atoms with Gasteiger partial charge in [-0.15, -0.1) is 0 Å². The van der Waals surface area contributed by atoms with E-state index in [1.54, 1.807) is 31.2 Å². The third kappa shape index (κ3) is 3.50. The van der Waals surface area contributed by atoms with Crippen LogP contribution < -0.4 is 20.7 Å². The molecule has 1 aliphatic rings. The minimum absolute atomic E-state index is 0.0225. The Kier molecular flexibility index (Phi) is 4.42. The first-order valence-electron chi connectivity index (χ1n) is 6.55. The molecule has 1 aromatic carbocycles. The molecule has 7 heteroatoms. The van der Waals surface area contributed by atoms with Gasteiger partial charge < -0.3 is 15.4 Å². The summed E-state index contributed by atoms with van der Waals surface area (Å²) in [5.74, 6) is -0.818. The van der Waals surface area contributed by atoms with Gasteiger partial charge >= 0.3 is 6.03 Å². The number of urea groups is 1. The fraction of sp³-hybridized carbons (Fsp3) is 0.357. The van der Waals surface area contributed by atoms with Gasteiger partial charge in [0.15, 0.2) is 0 Å². The van der Waals surface area contributed by atoms with Crippen LogP contribution in [0.15, 0.2) is 24.3 Å². The van der Waals surface area contributed by atoms with E-state index in [9.17, 15) is 14.4 Å². The smallest absolute Gasteiger partial charge is 0.321 e. The Labute approximate surface area is 122 Å². The predicted octanol–water partition coefficient (Wildman–Crippen LogP) is 0.868. The maximum absolute atomic E-state index is 12.1. The van der Waals surface area contributed by atoms with Crippen molar-refractivity contribution < 1.29 is 19.1 Å². The standard InChI is InChI=1S/C14H17N3O4/c1-8-9(13(19)17-14(20)15-8)7-12(18)16-10-5-3-4-6-11(10)21-2/h3-6,8-9H,7H2,1-2H3,(H,16,18)(H2,15,17,19,20). The summed E-state index contributed by atoms with van der Waals surface area (Å²) in [5.41, 5.74) is 0.540. The van der Waals surface area contributed by atoms with Crippen LogP contribution in [0.4, 0.5) is 10.5 Å². The first-order valence-corrected chi connectivity index (χ1v) is 6.55. The quantitative estimate of drug-likeness (QED) is 0.766. The van der Waals surface area contributed by atoms with Gasteiger partial charge in [0.2, 0.25) is 11.8 Å². The second-order valence-electron chi connectivity index (χ2n) is 4.81. The Morgan fingerprint density at radius 2 is 2.05 bits per heavy atom. The Balaban J connectivity index is 2.01. The van der Waals surface area contributed by atoms with Crippen LogP contribution in [0.3, 0.4) is 0 Å². The molecule has 0 bridgehead atoms. The van der Waals surface area contributed by atoms with Crippen LogP contribution in [0.25, 0.3) is 0 Å². The van der Waals surface area contributed by atoms with Crippen molar-refractivity contribution in [2.24, 2.45) is 5.92 Å². The van der Waals surface area contributed by atoms with Crippen LogP contribution >= 0.6 is 0 Å². The van der Waals surface area contributed by atoms with E-state index in [1.807, 2.05) is 0 Å². The zero-order chi connectivity index (χ0) is 15.4. The van der Waals surface area contributed by atoms with Gasteiger partial charge in [0, 0.05) is 12.5 Å². The summed E-state index contributed by atoms with van der Waals surface area (Å²) in [6, 6.07) is 6.08. The lowest BCUT2D eigenvalue weighted by molar-refractivity contribution is -0.129. The minimum Gasteiger partial charge on any atom is -0.495 e. The SMILES string of the molecule is COc1ccccc1NC(=O)CC1C(=O)NC(=O)NC1C. The number of carbonyl (C=O) groups is 3. The number of carbonyl (C=O) groups excluding carboxylic acids is 3. The summed E-state index contributed by atoms with van der Waals surface area (Å²) in [4.78, 5) is 34.9. The van der Waals surface area contributed by atoms with Gasteiger partial charge in [-0.2, -0.15) is 0 Å². The first-order chi connectivity index (χ1) is 10.0. The van der Waals surface area contributed by atoms with E-state index < -0.39 is 23.9 Å². The lowest BCUT2D eigenvalue weighted by Crippen LogP contribution is -2.57. The van der Waals surface area contributed by atoms with Crippen LogP contribution in [0.2, 0.25) is 0 Å². The molecule has 1 aromatic rings. The van der Waals surface area contributed by atoms with Crippen molar-refractivity contribution >= 4 is 23.5 Å². The van der Waals surface area contributed by atoms with Crippen LogP contribution in [0.1, 0.15) is 13.3 Å². The van der Waals surface area contributed by atoms with E-state index >= 15 is 0 Å². The average molecular weight is 291 g/mol. The predicted molar refractivity (Wildman–Crippen MR) is 75.9 cm³/mol. The molecule has 3 N–H and O–H groups in total. The summed E-state index contributed by atoms with van der Waals surface area (Å²) in [7, 11) is 1.51. The third-order valence-electron chi connectivity index (χ3n) is 3.32. The molecule has 21 heavy (non-hydrogen) atoms. The number of nitrogens with one attached hydrogen (secondary N) is 3. The fourth-order valence-electron chi connectivity index (χ4n) is 2.19. The Morgan fingerprint density at radius 1 is 1.33 bits per heavy atom. The van der Waals surface area contributed by atoms with Crippen molar-refractivity contribution in [3.63, 3.8) is 0 Å². The van der Waals surface area contributed by atoms with Crippen molar-refractivity contribution in [2.45, 2.75) is 19.4 Å². The van der Waals surface area contributed by atoms with Gasteiger partial charge in [0.1, 0.15) is 5.75 Å². The minimum atomic E-state index is -0.600. The molecule has 0 radical (unpaired) electrons. The third-order valence-corrected chi connectivity index (χ3v) is 3.32. The topological polar surface area (TPSA) is 96.5 Å². The maximum Gasteiger partial charge on any atom is 0.321 e. The molecule has 2 atom stereocenters. The molecule has 4 amide bonds. The molecule has 0 spiro atoms. The molecular weight excluding hydrogens is 274 g/mol. The van der Waals surface area contributed by atoms with Crippen LogP contribution in [-0.4, -0.2) is 31.0 Å². The number of anilines is 1. The van der Waals surface area contributed by atoms with E-state index in [2.05, 4.69) is 16.0 Å². The number of benzene rings is 1. The fourth-order valence-corrected chi connectivity index (χ4v) is 2.19. The molecule has 0 saturated carbocycles. The van der Waals surface area contributed by atoms with E-state index in [-0.39, 0.29) is 12.3 Å². The molecule has 7 nitrogen and oxygen atoms in total. The molecule has 1 saturated heterocycles. The van der Waals surface area contributed by atoms with Gasteiger partial charge in [-0.05, 0) is 19.1 Å². The number of imide groups is 1. The summed E-state index contributed by atoms with van der Waals surface area (Å²) >= 11 is 0. The first kappa shape index (κ1) is 14.8. The molecule has 1 aliphatic heterocycles. The van der Waals surface area contributed by atoms with E-state index in [0.29, 0.717) is 11.4 Å². The van der Waals surface area contributed by atoms with Crippen molar-refractivity contribution in [3.05, 3.63) is 24.3 Å². The molecule has 2 rings (SSSR count). The number of methoxy groups -OCH3 is 1. The van der Waals surface area contributed by atoms with Gasteiger partial charge in [-0.3, -0.25) is 14.9 Å². The average Bonchev–Trinajstić information content (AvgIpc) is 2.43. The largest absolute Gasteiger partial charge is 0.495 e.